The molecular weight excluding hydrogens is 281 g/mol. The second-order valence-electron chi connectivity index (χ2n) is 3.45. The Bertz CT molecular complexity index is 432. The number of aliphatic hydroxyl groups excluding tert-OH is 1. The number of rotatable bonds is 6. The summed E-state index contributed by atoms with van der Waals surface area (Å²) in [5.41, 5.74) is 0.112. The van der Waals surface area contributed by atoms with Crippen molar-refractivity contribution in [2.24, 2.45) is 0 Å². The van der Waals surface area contributed by atoms with Crippen LogP contribution in [0.3, 0.4) is 0 Å². The third-order valence-corrected chi connectivity index (χ3v) is 3.04. The fraction of sp³-hybridized carbons (Fsp3) is 0.364. The summed E-state index contributed by atoms with van der Waals surface area (Å²) in [6.45, 7) is -0.190. The number of hydrogen-bond acceptors (Lipinski definition) is 3. The lowest BCUT2D eigenvalue weighted by Crippen LogP contribution is -2.31. The first-order valence-corrected chi connectivity index (χ1v) is 6.37. The van der Waals surface area contributed by atoms with E-state index in [1.165, 1.54) is 6.07 Å². The number of carbonyl (C=O) groups is 1. The van der Waals surface area contributed by atoms with Crippen molar-refractivity contribution in [3.8, 4) is 0 Å². The van der Waals surface area contributed by atoms with E-state index in [1.807, 2.05) is 0 Å². The average molecular weight is 294 g/mol. The maximum absolute atomic E-state index is 13.1. The van der Waals surface area contributed by atoms with Gasteiger partial charge in [0.25, 0.3) is 0 Å². The van der Waals surface area contributed by atoms with Crippen LogP contribution < -0.4 is 10.6 Å². The number of alkyl halides is 2. The van der Waals surface area contributed by atoms with E-state index >= 15 is 0 Å². The predicted octanol–water partition coefficient (Wildman–Crippen LogP) is 2.30. The van der Waals surface area contributed by atoms with Crippen LogP contribution in [0, 0.1) is 5.82 Å². The Morgan fingerprint density at radius 2 is 2.16 bits per heavy atom. The Balaban J connectivity index is 2.73. The van der Waals surface area contributed by atoms with E-state index in [1.54, 1.807) is 0 Å². The Hall–Kier alpha value is -1.41. The van der Waals surface area contributed by atoms with Crippen LogP contribution >= 0.6 is 11.8 Å². The molecule has 2 amide bonds. The van der Waals surface area contributed by atoms with Crippen LogP contribution in [0.1, 0.15) is 0 Å². The van der Waals surface area contributed by atoms with Gasteiger partial charge in [-0.2, -0.15) is 0 Å². The van der Waals surface area contributed by atoms with E-state index in [0.29, 0.717) is 4.90 Å². The standard InChI is InChI=1S/C11H13F3N2O2S/c12-7-1-2-9(19-6-10(13)14)8(5-7)16-11(18)15-3-4-17/h1-2,5,10,17H,3-4,6H2,(H2,15,16,18). The Kier molecular flexibility index (Phi) is 6.51. The lowest BCUT2D eigenvalue weighted by Gasteiger charge is -2.11. The van der Waals surface area contributed by atoms with Crippen LogP contribution in [0.25, 0.3) is 0 Å². The predicted molar refractivity (Wildman–Crippen MR) is 67.2 cm³/mol. The van der Waals surface area contributed by atoms with E-state index < -0.39 is 24.0 Å². The summed E-state index contributed by atoms with van der Waals surface area (Å²) in [5, 5.41) is 13.2. The van der Waals surface area contributed by atoms with Gasteiger partial charge in [-0.25, -0.2) is 18.0 Å². The summed E-state index contributed by atoms with van der Waals surface area (Å²) in [6, 6.07) is 2.86. The van der Waals surface area contributed by atoms with Gasteiger partial charge in [0.05, 0.1) is 18.0 Å². The summed E-state index contributed by atoms with van der Waals surface area (Å²) >= 11 is 0.821. The van der Waals surface area contributed by atoms with E-state index in [9.17, 15) is 18.0 Å². The van der Waals surface area contributed by atoms with Crippen molar-refractivity contribution in [2.75, 3.05) is 24.2 Å². The molecule has 1 aromatic rings. The molecular formula is C11H13F3N2O2S. The summed E-state index contributed by atoms with van der Waals surface area (Å²) in [6.07, 6.45) is -2.49. The zero-order valence-electron chi connectivity index (χ0n) is 9.83. The van der Waals surface area contributed by atoms with E-state index in [0.717, 1.165) is 23.9 Å². The van der Waals surface area contributed by atoms with Gasteiger partial charge in [-0.15, -0.1) is 11.8 Å². The van der Waals surface area contributed by atoms with Gasteiger partial charge in [0.1, 0.15) is 5.82 Å². The number of nitrogens with one attached hydrogen (secondary N) is 2. The normalized spacial score (nSPS) is 10.6. The van der Waals surface area contributed by atoms with Gasteiger partial charge in [0, 0.05) is 11.4 Å². The number of halogens is 3. The Morgan fingerprint density at radius 1 is 1.42 bits per heavy atom. The van der Waals surface area contributed by atoms with Gasteiger partial charge in [0.2, 0.25) is 6.43 Å². The molecule has 0 fully saturated rings. The highest BCUT2D eigenvalue weighted by atomic mass is 32.2. The largest absolute Gasteiger partial charge is 0.395 e. The lowest BCUT2D eigenvalue weighted by molar-refractivity contribution is 0.177. The molecule has 19 heavy (non-hydrogen) atoms. The first kappa shape index (κ1) is 15.6. The van der Waals surface area contributed by atoms with E-state index in [2.05, 4.69) is 10.6 Å². The molecule has 8 heteroatoms. The fourth-order valence-electron chi connectivity index (χ4n) is 1.21. The van der Waals surface area contributed by atoms with Gasteiger partial charge < -0.3 is 15.7 Å². The molecule has 0 bridgehead atoms. The second-order valence-corrected chi connectivity index (χ2v) is 4.51. The molecule has 3 N–H and O–H groups in total. The molecule has 0 aliphatic heterocycles. The number of urea groups is 1. The van der Waals surface area contributed by atoms with Gasteiger partial charge >= 0.3 is 6.03 Å². The Labute approximate surface area is 112 Å². The van der Waals surface area contributed by atoms with Crippen molar-refractivity contribution in [3.05, 3.63) is 24.0 Å². The van der Waals surface area contributed by atoms with Crippen molar-refractivity contribution in [1.82, 2.24) is 5.32 Å². The first-order chi connectivity index (χ1) is 9.02. The fourth-order valence-corrected chi connectivity index (χ4v) is 1.95. The third kappa shape index (κ3) is 5.84. The number of benzene rings is 1. The van der Waals surface area contributed by atoms with Crippen molar-refractivity contribution in [3.63, 3.8) is 0 Å². The first-order valence-electron chi connectivity index (χ1n) is 5.39. The summed E-state index contributed by atoms with van der Waals surface area (Å²) in [7, 11) is 0. The van der Waals surface area contributed by atoms with Crippen LogP contribution in [-0.4, -0.2) is 36.5 Å². The highest BCUT2D eigenvalue weighted by Gasteiger charge is 2.11. The minimum Gasteiger partial charge on any atom is -0.395 e. The van der Waals surface area contributed by atoms with Crippen molar-refractivity contribution >= 4 is 23.5 Å². The van der Waals surface area contributed by atoms with Crippen LogP contribution in [-0.2, 0) is 0 Å². The second kappa shape index (κ2) is 7.90. The Morgan fingerprint density at radius 3 is 2.79 bits per heavy atom. The molecule has 0 unspecified atom stereocenters. The van der Waals surface area contributed by atoms with Gasteiger partial charge in [-0.05, 0) is 18.2 Å². The minimum absolute atomic E-state index is 0.0423. The number of aliphatic hydroxyl groups is 1. The van der Waals surface area contributed by atoms with Crippen molar-refractivity contribution in [2.45, 2.75) is 11.3 Å². The molecule has 0 aliphatic rings. The SMILES string of the molecule is O=C(NCCO)Nc1cc(F)ccc1SCC(F)F. The van der Waals surface area contributed by atoms with Crippen molar-refractivity contribution in [1.29, 1.82) is 0 Å². The van der Waals surface area contributed by atoms with Crippen LogP contribution in [0.2, 0.25) is 0 Å². The molecule has 0 saturated carbocycles. The lowest BCUT2D eigenvalue weighted by atomic mass is 10.3. The van der Waals surface area contributed by atoms with Gasteiger partial charge in [-0.1, -0.05) is 0 Å². The molecule has 0 aromatic heterocycles. The maximum atomic E-state index is 13.1. The molecule has 0 radical (unpaired) electrons. The molecule has 0 atom stereocenters. The smallest absolute Gasteiger partial charge is 0.319 e. The monoisotopic (exact) mass is 294 g/mol. The number of hydrogen-bond donors (Lipinski definition) is 3. The third-order valence-electron chi connectivity index (χ3n) is 1.95. The summed E-state index contributed by atoms with van der Waals surface area (Å²) in [4.78, 5) is 11.7. The highest BCUT2D eigenvalue weighted by molar-refractivity contribution is 7.99. The van der Waals surface area contributed by atoms with Gasteiger partial charge in [-0.3, -0.25) is 0 Å². The molecule has 0 heterocycles. The van der Waals surface area contributed by atoms with Gasteiger partial charge in [0.15, 0.2) is 0 Å². The molecule has 0 saturated heterocycles. The zero-order chi connectivity index (χ0) is 14.3. The topological polar surface area (TPSA) is 61.4 Å². The summed E-state index contributed by atoms with van der Waals surface area (Å²) < 4.78 is 37.4. The summed E-state index contributed by atoms with van der Waals surface area (Å²) in [5.74, 6) is -1.03. The molecule has 4 nitrogen and oxygen atoms in total. The maximum Gasteiger partial charge on any atom is 0.319 e. The molecule has 0 spiro atoms. The van der Waals surface area contributed by atoms with Crippen LogP contribution in [0.15, 0.2) is 23.1 Å². The molecule has 106 valence electrons. The number of carbonyl (C=O) groups excluding carboxylic acids is 1. The molecule has 0 aliphatic carbocycles. The number of anilines is 1. The highest BCUT2D eigenvalue weighted by Crippen LogP contribution is 2.29. The van der Waals surface area contributed by atoms with E-state index in [-0.39, 0.29) is 18.8 Å². The van der Waals surface area contributed by atoms with Crippen molar-refractivity contribution < 1.29 is 23.1 Å². The molecule has 1 rings (SSSR count). The minimum atomic E-state index is -2.49. The average Bonchev–Trinajstić information content (AvgIpc) is 2.35. The quantitative estimate of drug-likeness (QED) is 0.706. The van der Waals surface area contributed by atoms with Crippen LogP contribution in [0.5, 0.6) is 0 Å². The van der Waals surface area contributed by atoms with Crippen LogP contribution in [0.4, 0.5) is 23.7 Å². The number of thioether (sulfide) groups is 1. The molecule has 1 aromatic carbocycles. The van der Waals surface area contributed by atoms with E-state index in [4.69, 9.17) is 5.11 Å². The number of amides is 2. The zero-order valence-corrected chi connectivity index (χ0v) is 10.6.